The van der Waals surface area contributed by atoms with Crippen LogP contribution in [0, 0.1) is 0 Å². The Bertz CT molecular complexity index is 401. The first-order chi connectivity index (χ1) is 8.69. The minimum Gasteiger partial charge on any atom is -0.392 e. The van der Waals surface area contributed by atoms with Crippen LogP contribution < -0.4 is 5.32 Å². The van der Waals surface area contributed by atoms with Crippen molar-refractivity contribution < 1.29 is 9.90 Å². The van der Waals surface area contributed by atoms with E-state index in [0.717, 1.165) is 24.2 Å². The molecular weight excluding hydrogens is 246 g/mol. The number of amides is 1. The maximum absolute atomic E-state index is 11.8. The molecule has 0 spiro atoms. The number of hydrogen-bond acceptors (Lipinski definition) is 3. The van der Waals surface area contributed by atoms with Crippen molar-refractivity contribution in [1.29, 1.82) is 0 Å². The fourth-order valence-corrected chi connectivity index (χ4v) is 2.44. The van der Waals surface area contributed by atoms with Gasteiger partial charge in [-0.3, -0.25) is 4.79 Å². The Morgan fingerprint density at radius 3 is 2.56 bits per heavy atom. The van der Waals surface area contributed by atoms with Gasteiger partial charge in [0.15, 0.2) is 0 Å². The zero-order chi connectivity index (χ0) is 13.0. The quantitative estimate of drug-likeness (QED) is 0.828. The Morgan fingerprint density at radius 2 is 2.00 bits per heavy atom. The molecule has 1 aromatic rings. The molecule has 1 saturated carbocycles. The van der Waals surface area contributed by atoms with E-state index in [2.05, 4.69) is 5.32 Å². The second kappa shape index (κ2) is 6.25. The summed E-state index contributed by atoms with van der Waals surface area (Å²) in [6, 6.07) is 8.29. The molecule has 1 aromatic carbocycles. The molecule has 0 saturated heterocycles. The zero-order valence-electron chi connectivity index (χ0n) is 10.6. The van der Waals surface area contributed by atoms with Crippen molar-refractivity contribution in [2.24, 2.45) is 0 Å². The van der Waals surface area contributed by atoms with Crippen LogP contribution in [0.3, 0.4) is 0 Å². The first-order valence-electron chi connectivity index (χ1n) is 6.29. The molecule has 0 radical (unpaired) electrons. The summed E-state index contributed by atoms with van der Waals surface area (Å²) in [7, 11) is 0. The molecule has 98 valence electrons. The van der Waals surface area contributed by atoms with Crippen LogP contribution in [0.4, 0.5) is 0 Å². The summed E-state index contributed by atoms with van der Waals surface area (Å²) < 4.78 is 0. The van der Waals surface area contributed by atoms with Gasteiger partial charge in [-0.1, -0.05) is 24.3 Å². The van der Waals surface area contributed by atoms with Gasteiger partial charge in [0.05, 0.1) is 11.9 Å². The van der Waals surface area contributed by atoms with E-state index in [4.69, 9.17) is 5.11 Å². The minimum atomic E-state index is -0.0110. The number of carbonyl (C=O) groups excluding carboxylic acids is 1. The molecule has 0 bridgehead atoms. The summed E-state index contributed by atoms with van der Waals surface area (Å²) in [5.74, 6) is 0.972. The van der Waals surface area contributed by atoms with Gasteiger partial charge in [-0.2, -0.15) is 0 Å². The molecule has 1 aliphatic carbocycles. The lowest BCUT2D eigenvalue weighted by molar-refractivity contribution is -0.120. The Morgan fingerprint density at radius 1 is 1.39 bits per heavy atom. The van der Waals surface area contributed by atoms with Crippen LogP contribution >= 0.6 is 11.8 Å². The number of rotatable bonds is 6. The van der Waals surface area contributed by atoms with Crippen LogP contribution in [-0.4, -0.2) is 22.3 Å². The van der Waals surface area contributed by atoms with Crippen molar-refractivity contribution in [3.8, 4) is 0 Å². The smallest absolute Gasteiger partial charge is 0.233 e. The van der Waals surface area contributed by atoms with Gasteiger partial charge in [0.1, 0.15) is 0 Å². The molecule has 2 N–H and O–H groups in total. The highest BCUT2D eigenvalue weighted by Crippen LogP contribution is 2.22. The Hall–Kier alpha value is -1.00. The Labute approximate surface area is 112 Å². The summed E-state index contributed by atoms with van der Waals surface area (Å²) in [4.78, 5) is 11.8. The molecule has 0 aliphatic heterocycles. The number of nitrogens with one attached hydrogen (secondary N) is 1. The highest BCUT2D eigenvalue weighted by molar-refractivity contribution is 7.99. The number of aliphatic hydroxyl groups excluding tert-OH is 1. The fourth-order valence-electron chi connectivity index (χ4n) is 1.58. The van der Waals surface area contributed by atoms with Crippen molar-refractivity contribution in [2.75, 3.05) is 0 Å². The lowest BCUT2D eigenvalue weighted by Crippen LogP contribution is -2.32. The van der Waals surface area contributed by atoms with Crippen LogP contribution in [0.5, 0.6) is 0 Å². The minimum absolute atomic E-state index is 0.0110. The van der Waals surface area contributed by atoms with Crippen LogP contribution in [-0.2, 0) is 17.2 Å². The SMILES string of the molecule is CC(SCc1ccc(CO)cc1)C(=O)NC1CC1. The molecule has 1 amide bonds. The third kappa shape index (κ3) is 4.03. The van der Waals surface area contributed by atoms with Gasteiger partial charge in [0.25, 0.3) is 0 Å². The molecule has 0 heterocycles. The summed E-state index contributed by atoms with van der Waals surface area (Å²) in [6.45, 7) is 2.03. The summed E-state index contributed by atoms with van der Waals surface area (Å²) >= 11 is 1.65. The van der Waals surface area contributed by atoms with Crippen molar-refractivity contribution in [3.05, 3.63) is 35.4 Å². The van der Waals surface area contributed by atoms with E-state index in [0.29, 0.717) is 6.04 Å². The summed E-state index contributed by atoms with van der Waals surface area (Å²) in [5, 5.41) is 12.0. The Balaban J connectivity index is 1.76. The maximum atomic E-state index is 11.8. The highest BCUT2D eigenvalue weighted by Gasteiger charge is 2.25. The van der Waals surface area contributed by atoms with Gasteiger partial charge in [-0.25, -0.2) is 0 Å². The predicted octanol–water partition coefficient (Wildman–Crippen LogP) is 2.08. The lowest BCUT2D eigenvalue weighted by atomic mass is 10.2. The third-order valence-electron chi connectivity index (χ3n) is 3.00. The molecule has 3 nitrogen and oxygen atoms in total. The highest BCUT2D eigenvalue weighted by atomic mass is 32.2. The largest absolute Gasteiger partial charge is 0.392 e. The van der Waals surface area contributed by atoms with Gasteiger partial charge >= 0.3 is 0 Å². The van der Waals surface area contributed by atoms with Gasteiger partial charge in [-0.05, 0) is 30.9 Å². The predicted molar refractivity (Wildman–Crippen MR) is 74.3 cm³/mol. The van der Waals surface area contributed by atoms with Crippen molar-refractivity contribution in [2.45, 2.75) is 43.4 Å². The van der Waals surface area contributed by atoms with Crippen LogP contribution in [0.15, 0.2) is 24.3 Å². The fraction of sp³-hybridized carbons (Fsp3) is 0.500. The lowest BCUT2D eigenvalue weighted by Gasteiger charge is -2.11. The van der Waals surface area contributed by atoms with Gasteiger partial charge in [0.2, 0.25) is 5.91 Å². The zero-order valence-corrected chi connectivity index (χ0v) is 11.4. The second-order valence-electron chi connectivity index (χ2n) is 4.71. The van der Waals surface area contributed by atoms with E-state index in [9.17, 15) is 4.79 Å². The van der Waals surface area contributed by atoms with E-state index >= 15 is 0 Å². The first kappa shape index (κ1) is 13.4. The molecule has 2 rings (SSSR count). The standard InChI is InChI=1S/C14H19NO2S/c1-10(14(17)15-13-6-7-13)18-9-12-4-2-11(8-16)3-5-12/h2-5,10,13,16H,6-9H2,1H3,(H,15,17). The van der Waals surface area contributed by atoms with Gasteiger partial charge in [0, 0.05) is 11.8 Å². The van der Waals surface area contributed by atoms with Crippen LogP contribution in [0.1, 0.15) is 30.9 Å². The van der Waals surface area contributed by atoms with Crippen LogP contribution in [0.25, 0.3) is 0 Å². The van der Waals surface area contributed by atoms with Gasteiger partial charge < -0.3 is 10.4 Å². The average molecular weight is 265 g/mol. The van der Waals surface area contributed by atoms with Crippen molar-refractivity contribution in [1.82, 2.24) is 5.32 Å². The molecule has 1 fully saturated rings. The molecule has 1 aliphatic rings. The number of carbonyl (C=O) groups is 1. The first-order valence-corrected chi connectivity index (χ1v) is 7.34. The molecule has 18 heavy (non-hydrogen) atoms. The number of thioether (sulfide) groups is 1. The number of benzene rings is 1. The molecule has 1 unspecified atom stereocenters. The number of hydrogen-bond donors (Lipinski definition) is 2. The van der Waals surface area contributed by atoms with E-state index in [1.807, 2.05) is 31.2 Å². The van der Waals surface area contributed by atoms with Crippen LogP contribution in [0.2, 0.25) is 0 Å². The van der Waals surface area contributed by atoms with E-state index in [-0.39, 0.29) is 17.8 Å². The second-order valence-corrected chi connectivity index (χ2v) is 6.04. The summed E-state index contributed by atoms with van der Waals surface area (Å²) in [5.41, 5.74) is 2.10. The molecule has 0 aromatic heterocycles. The third-order valence-corrected chi connectivity index (χ3v) is 4.21. The normalized spacial score (nSPS) is 16.3. The van der Waals surface area contributed by atoms with Crippen molar-refractivity contribution >= 4 is 17.7 Å². The molecular formula is C14H19NO2S. The number of aliphatic hydroxyl groups is 1. The summed E-state index contributed by atoms with van der Waals surface area (Å²) in [6.07, 6.45) is 2.26. The monoisotopic (exact) mass is 265 g/mol. The maximum Gasteiger partial charge on any atom is 0.233 e. The topological polar surface area (TPSA) is 49.3 Å². The van der Waals surface area contributed by atoms with Crippen molar-refractivity contribution in [3.63, 3.8) is 0 Å². The van der Waals surface area contributed by atoms with E-state index in [1.165, 1.54) is 5.56 Å². The average Bonchev–Trinajstić information content (AvgIpc) is 3.20. The Kier molecular flexibility index (Phi) is 4.66. The van der Waals surface area contributed by atoms with Gasteiger partial charge in [-0.15, -0.1) is 11.8 Å². The molecule has 4 heteroatoms. The van der Waals surface area contributed by atoms with E-state index in [1.54, 1.807) is 11.8 Å². The van der Waals surface area contributed by atoms with E-state index < -0.39 is 0 Å². The molecule has 1 atom stereocenters.